The molecule has 0 spiro atoms. The fraction of sp³-hybridized carbons (Fsp3) is 0.588. The van der Waals surface area contributed by atoms with Gasteiger partial charge in [-0.25, -0.2) is 4.79 Å². The molecule has 1 rings (SSSR count). The second-order valence-electron chi connectivity index (χ2n) is 5.32. The average Bonchev–Trinajstić information content (AvgIpc) is 2.44. The van der Waals surface area contributed by atoms with Gasteiger partial charge in [-0.05, 0) is 42.5 Å². The quantitative estimate of drug-likeness (QED) is 0.547. The topological polar surface area (TPSA) is 64.3 Å². The summed E-state index contributed by atoms with van der Waals surface area (Å²) in [5.41, 5.74) is 10.1. The zero-order valence-corrected chi connectivity index (χ0v) is 13.5. The lowest BCUT2D eigenvalue weighted by molar-refractivity contribution is 0.160. The lowest BCUT2D eigenvalue weighted by atomic mass is 9.99. The number of unbranched alkanes of at least 4 members (excludes halogenated alkanes) is 1. The van der Waals surface area contributed by atoms with Crippen LogP contribution < -0.4 is 11.1 Å². The van der Waals surface area contributed by atoms with Crippen molar-refractivity contribution in [3.63, 3.8) is 0 Å². The van der Waals surface area contributed by atoms with Crippen molar-refractivity contribution < 1.29 is 9.53 Å². The van der Waals surface area contributed by atoms with Crippen molar-refractivity contribution >= 4 is 17.5 Å². The monoisotopic (exact) mass is 292 g/mol. The molecule has 4 heteroatoms. The number of benzene rings is 1. The third kappa shape index (κ3) is 5.66. The van der Waals surface area contributed by atoms with Crippen LogP contribution in [0.4, 0.5) is 16.2 Å². The van der Waals surface area contributed by atoms with Crippen LogP contribution in [0.3, 0.4) is 0 Å². The highest BCUT2D eigenvalue weighted by molar-refractivity contribution is 5.85. The molecule has 0 bridgehead atoms. The minimum absolute atomic E-state index is 0.391. The number of aryl methyl sites for hydroxylation is 2. The van der Waals surface area contributed by atoms with Crippen LogP contribution in [0.2, 0.25) is 0 Å². The molecule has 1 aromatic rings. The molecule has 0 saturated carbocycles. The number of carbonyl (C=O) groups excluding carboxylic acids is 1. The van der Waals surface area contributed by atoms with E-state index in [1.165, 1.54) is 0 Å². The molecule has 0 heterocycles. The second kappa shape index (κ2) is 9.27. The number of nitrogens with one attached hydrogen (secondary N) is 1. The third-order valence-electron chi connectivity index (χ3n) is 3.37. The van der Waals surface area contributed by atoms with Gasteiger partial charge in [0.25, 0.3) is 0 Å². The lowest BCUT2D eigenvalue weighted by Crippen LogP contribution is -2.15. The smallest absolute Gasteiger partial charge is 0.411 e. The molecule has 0 fully saturated rings. The van der Waals surface area contributed by atoms with Crippen LogP contribution in [0.25, 0.3) is 0 Å². The maximum Gasteiger partial charge on any atom is 0.411 e. The first-order chi connectivity index (χ1) is 10.1. The first-order valence-electron chi connectivity index (χ1n) is 7.97. The van der Waals surface area contributed by atoms with Crippen LogP contribution in [0.5, 0.6) is 0 Å². The lowest BCUT2D eigenvalue weighted by Gasteiger charge is -2.14. The van der Waals surface area contributed by atoms with E-state index in [1.807, 2.05) is 12.1 Å². The average molecular weight is 292 g/mol. The Bertz CT molecular complexity index is 431. The summed E-state index contributed by atoms with van der Waals surface area (Å²) in [6.07, 6.45) is 5.40. The van der Waals surface area contributed by atoms with Crippen LogP contribution in [-0.4, -0.2) is 12.7 Å². The van der Waals surface area contributed by atoms with Crippen LogP contribution in [0.1, 0.15) is 57.6 Å². The standard InChI is InChI=1S/C17H28N2O2/c1-4-7-10-21-17(20)19-15-11-13(8-5-2)16(18)14(12-15)9-6-3/h11-12H,4-10,18H2,1-3H3,(H,19,20). The Hall–Kier alpha value is -1.71. The van der Waals surface area contributed by atoms with Gasteiger partial charge in [0, 0.05) is 11.4 Å². The van der Waals surface area contributed by atoms with Crippen LogP contribution in [0.15, 0.2) is 12.1 Å². The van der Waals surface area contributed by atoms with Gasteiger partial charge in [-0.15, -0.1) is 0 Å². The number of hydrogen-bond acceptors (Lipinski definition) is 3. The molecule has 1 amide bonds. The van der Waals surface area contributed by atoms with E-state index in [0.29, 0.717) is 6.61 Å². The first kappa shape index (κ1) is 17.3. The van der Waals surface area contributed by atoms with Gasteiger partial charge < -0.3 is 10.5 Å². The van der Waals surface area contributed by atoms with Gasteiger partial charge in [0.15, 0.2) is 0 Å². The summed E-state index contributed by atoms with van der Waals surface area (Å²) >= 11 is 0. The van der Waals surface area contributed by atoms with Gasteiger partial charge in [-0.3, -0.25) is 5.32 Å². The predicted octanol–water partition coefficient (Wildman–Crippen LogP) is 4.52. The zero-order valence-electron chi connectivity index (χ0n) is 13.5. The zero-order chi connectivity index (χ0) is 15.7. The number of nitrogen functional groups attached to an aromatic ring is 1. The molecule has 0 aliphatic heterocycles. The molecule has 0 radical (unpaired) electrons. The summed E-state index contributed by atoms with van der Waals surface area (Å²) in [6.45, 7) is 6.77. The number of hydrogen-bond donors (Lipinski definition) is 2. The molecule has 1 aromatic carbocycles. The molecule has 4 nitrogen and oxygen atoms in total. The highest BCUT2D eigenvalue weighted by Gasteiger charge is 2.10. The highest BCUT2D eigenvalue weighted by Crippen LogP contribution is 2.26. The number of rotatable bonds is 8. The van der Waals surface area contributed by atoms with Crippen molar-refractivity contribution in [1.29, 1.82) is 0 Å². The van der Waals surface area contributed by atoms with Crippen molar-refractivity contribution in [2.75, 3.05) is 17.7 Å². The van der Waals surface area contributed by atoms with E-state index in [4.69, 9.17) is 10.5 Å². The summed E-state index contributed by atoms with van der Waals surface area (Å²) in [7, 11) is 0. The second-order valence-corrected chi connectivity index (χ2v) is 5.32. The predicted molar refractivity (Wildman–Crippen MR) is 88.7 cm³/mol. The van der Waals surface area contributed by atoms with Gasteiger partial charge in [0.2, 0.25) is 0 Å². The molecular weight excluding hydrogens is 264 g/mol. The van der Waals surface area contributed by atoms with Gasteiger partial charge in [0.1, 0.15) is 0 Å². The molecule has 21 heavy (non-hydrogen) atoms. The minimum atomic E-state index is -0.391. The molecule has 0 aliphatic rings. The van der Waals surface area contributed by atoms with E-state index in [-0.39, 0.29) is 0 Å². The Morgan fingerprint density at radius 3 is 2.14 bits per heavy atom. The van der Waals surface area contributed by atoms with Crippen LogP contribution in [-0.2, 0) is 17.6 Å². The Balaban J connectivity index is 2.83. The molecular formula is C17H28N2O2. The molecule has 0 aliphatic carbocycles. The molecule has 0 aromatic heterocycles. The SMILES string of the molecule is CCCCOC(=O)Nc1cc(CCC)c(N)c(CCC)c1. The third-order valence-corrected chi connectivity index (χ3v) is 3.37. The van der Waals surface area contributed by atoms with E-state index >= 15 is 0 Å². The summed E-state index contributed by atoms with van der Waals surface area (Å²) in [5, 5.41) is 2.81. The van der Waals surface area contributed by atoms with Crippen LogP contribution >= 0.6 is 0 Å². The van der Waals surface area contributed by atoms with Crippen LogP contribution in [0, 0.1) is 0 Å². The van der Waals surface area contributed by atoms with Gasteiger partial charge in [-0.1, -0.05) is 40.0 Å². The van der Waals surface area contributed by atoms with Gasteiger partial charge in [0.05, 0.1) is 6.61 Å². The molecule has 118 valence electrons. The fourth-order valence-electron chi connectivity index (χ4n) is 2.27. The molecule has 3 N–H and O–H groups in total. The summed E-state index contributed by atoms with van der Waals surface area (Å²) in [5.74, 6) is 0. The van der Waals surface area contributed by atoms with Gasteiger partial charge in [-0.2, -0.15) is 0 Å². The summed E-state index contributed by atoms with van der Waals surface area (Å²) < 4.78 is 5.13. The molecule has 0 saturated heterocycles. The number of ether oxygens (including phenoxy) is 1. The summed E-state index contributed by atoms with van der Waals surface area (Å²) in [6, 6.07) is 3.91. The Morgan fingerprint density at radius 2 is 1.67 bits per heavy atom. The first-order valence-corrected chi connectivity index (χ1v) is 7.97. The molecule has 0 atom stereocenters. The summed E-state index contributed by atoms with van der Waals surface area (Å²) in [4.78, 5) is 11.7. The Labute approximate surface area is 128 Å². The maximum absolute atomic E-state index is 11.7. The maximum atomic E-state index is 11.7. The van der Waals surface area contributed by atoms with Gasteiger partial charge >= 0.3 is 6.09 Å². The normalized spacial score (nSPS) is 10.4. The van der Waals surface area contributed by atoms with E-state index in [0.717, 1.165) is 61.0 Å². The van der Waals surface area contributed by atoms with Crippen molar-refractivity contribution in [3.05, 3.63) is 23.3 Å². The minimum Gasteiger partial charge on any atom is -0.449 e. The number of carbonyl (C=O) groups is 1. The Morgan fingerprint density at radius 1 is 1.10 bits per heavy atom. The van der Waals surface area contributed by atoms with E-state index in [9.17, 15) is 4.79 Å². The van der Waals surface area contributed by atoms with Crippen molar-refractivity contribution in [2.45, 2.75) is 59.3 Å². The van der Waals surface area contributed by atoms with Crippen molar-refractivity contribution in [1.82, 2.24) is 0 Å². The highest BCUT2D eigenvalue weighted by atomic mass is 16.5. The van der Waals surface area contributed by atoms with E-state index in [2.05, 4.69) is 26.1 Å². The number of nitrogens with two attached hydrogens (primary N) is 1. The van der Waals surface area contributed by atoms with Crippen molar-refractivity contribution in [3.8, 4) is 0 Å². The fourth-order valence-corrected chi connectivity index (χ4v) is 2.27. The van der Waals surface area contributed by atoms with Crippen molar-refractivity contribution in [2.24, 2.45) is 0 Å². The largest absolute Gasteiger partial charge is 0.449 e. The number of anilines is 2. The van der Waals surface area contributed by atoms with E-state index in [1.54, 1.807) is 0 Å². The Kier molecular flexibility index (Phi) is 7.65. The molecule has 0 unspecified atom stereocenters. The van der Waals surface area contributed by atoms with E-state index < -0.39 is 6.09 Å². The number of amides is 1.